The number of nitrogens with one attached hydrogen (secondary N) is 1. The Morgan fingerprint density at radius 2 is 1.84 bits per heavy atom. The molecule has 1 amide bonds. The van der Waals surface area contributed by atoms with Gasteiger partial charge in [-0.3, -0.25) is 5.32 Å². The lowest BCUT2D eigenvalue weighted by molar-refractivity contribution is 0.0636. The molecule has 0 aromatic heterocycles. The zero-order chi connectivity index (χ0) is 14.0. The van der Waals surface area contributed by atoms with E-state index < -0.39 is 11.7 Å². The van der Waals surface area contributed by atoms with Crippen LogP contribution in [0.15, 0.2) is 36.4 Å². The molecule has 0 spiro atoms. The third-order valence-electron chi connectivity index (χ3n) is 2.50. The van der Waals surface area contributed by atoms with E-state index in [-0.39, 0.29) is 0 Å². The van der Waals surface area contributed by atoms with Crippen molar-refractivity contribution >= 4 is 45.1 Å². The molecular formula is C15H16INO2. The summed E-state index contributed by atoms with van der Waals surface area (Å²) in [7, 11) is 0. The second-order valence-corrected chi connectivity index (χ2v) is 6.35. The first-order chi connectivity index (χ1) is 8.87. The van der Waals surface area contributed by atoms with E-state index in [1.807, 2.05) is 51.1 Å². The highest BCUT2D eigenvalue weighted by atomic mass is 127. The minimum absolute atomic E-state index is 0.430. The Morgan fingerprint density at radius 1 is 1.16 bits per heavy atom. The molecule has 0 atom stereocenters. The highest BCUT2D eigenvalue weighted by Crippen LogP contribution is 2.28. The molecule has 1 N–H and O–H groups in total. The van der Waals surface area contributed by atoms with Crippen LogP contribution in [0.1, 0.15) is 20.8 Å². The van der Waals surface area contributed by atoms with Crippen molar-refractivity contribution in [3.8, 4) is 0 Å². The summed E-state index contributed by atoms with van der Waals surface area (Å²) in [6, 6.07) is 12.0. The van der Waals surface area contributed by atoms with Gasteiger partial charge in [0.05, 0.1) is 5.69 Å². The molecule has 3 nitrogen and oxygen atoms in total. The van der Waals surface area contributed by atoms with Gasteiger partial charge in [-0.25, -0.2) is 4.79 Å². The van der Waals surface area contributed by atoms with Crippen LogP contribution in [-0.2, 0) is 4.74 Å². The number of carbonyl (C=O) groups excluding carboxylic acids is 1. The van der Waals surface area contributed by atoms with Crippen molar-refractivity contribution < 1.29 is 9.53 Å². The van der Waals surface area contributed by atoms with E-state index in [1.54, 1.807) is 0 Å². The SMILES string of the molecule is CC(C)(C)OC(=O)Nc1ccc2ccccc2c1I. The lowest BCUT2D eigenvalue weighted by atomic mass is 10.1. The molecule has 4 heteroatoms. The van der Waals surface area contributed by atoms with E-state index in [2.05, 4.69) is 34.0 Å². The number of amides is 1. The summed E-state index contributed by atoms with van der Waals surface area (Å²) in [6.07, 6.45) is -0.430. The fourth-order valence-electron chi connectivity index (χ4n) is 1.74. The van der Waals surface area contributed by atoms with Crippen molar-refractivity contribution in [1.82, 2.24) is 0 Å². The van der Waals surface area contributed by atoms with Crippen LogP contribution in [0, 0.1) is 3.57 Å². The molecule has 0 radical (unpaired) electrons. The first-order valence-electron chi connectivity index (χ1n) is 6.04. The monoisotopic (exact) mass is 369 g/mol. The van der Waals surface area contributed by atoms with Gasteiger partial charge in [0, 0.05) is 3.57 Å². The molecule has 0 heterocycles. The Kier molecular flexibility index (Phi) is 3.99. The van der Waals surface area contributed by atoms with Gasteiger partial charge in [0.1, 0.15) is 5.60 Å². The highest BCUT2D eigenvalue weighted by molar-refractivity contribution is 14.1. The van der Waals surface area contributed by atoms with Crippen LogP contribution in [0.3, 0.4) is 0 Å². The molecule has 0 saturated heterocycles. The average molecular weight is 369 g/mol. The van der Waals surface area contributed by atoms with Gasteiger partial charge in [0.25, 0.3) is 0 Å². The van der Waals surface area contributed by atoms with Gasteiger partial charge in [0.2, 0.25) is 0 Å². The molecule has 0 aliphatic heterocycles. The molecule has 0 saturated carbocycles. The summed E-state index contributed by atoms with van der Waals surface area (Å²) in [5.74, 6) is 0. The van der Waals surface area contributed by atoms with Gasteiger partial charge in [-0.1, -0.05) is 30.3 Å². The molecule has 0 fully saturated rings. The Hall–Kier alpha value is -1.30. The standard InChI is InChI=1S/C15H16INO2/c1-15(2,3)19-14(18)17-12-9-8-10-6-4-5-7-11(10)13(12)16/h4-9H,1-3H3,(H,17,18). The zero-order valence-electron chi connectivity index (χ0n) is 11.2. The maximum Gasteiger partial charge on any atom is 0.412 e. The molecular weight excluding hydrogens is 353 g/mol. The molecule has 100 valence electrons. The van der Waals surface area contributed by atoms with Gasteiger partial charge in [-0.05, 0) is 60.2 Å². The molecule has 0 aliphatic carbocycles. The van der Waals surface area contributed by atoms with Gasteiger partial charge in [-0.2, -0.15) is 0 Å². The predicted octanol–water partition coefficient (Wildman–Crippen LogP) is 4.79. The summed E-state index contributed by atoms with van der Waals surface area (Å²) in [5.41, 5.74) is 0.278. The van der Waals surface area contributed by atoms with E-state index >= 15 is 0 Å². The van der Waals surface area contributed by atoms with Crippen LogP contribution >= 0.6 is 22.6 Å². The van der Waals surface area contributed by atoms with Crippen LogP contribution < -0.4 is 5.32 Å². The fourth-order valence-corrected chi connectivity index (χ4v) is 2.55. The Morgan fingerprint density at radius 3 is 2.53 bits per heavy atom. The molecule has 2 aromatic rings. The first kappa shape index (κ1) is 14.1. The van der Waals surface area contributed by atoms with Crippen molar-refractivity contribution in [2.24, 2.45) is 0 Å². The van der Waals surface area contributed by atoms with E-state index in [0.717, 1.165) is 20.0 Å². The van der Waals surface area contributed by atoms with Crippen LogP contribution in [0.5, 0.6) is 0 Å². The van der Waals surface area contributed by atoms with Crippen molar-refractivity contribution in [3.05, 3.63) is 40.0 Å². The van der Waals surface area contributed by atoms with Gasteiger partial charge < -0.3 is 4.74 Å². The smallest absolute Gasteiger partial charge is 0.412 e. The maximum absolute atomic E-state index is 11.8. The molecule has 0 aliphatic rings. The molecule has 2 aromatic carbocycles. The average Bonchev–Trinajstić information content (AvgIpc) is 2.31. The summed E-state index contributed by atoms with van der Waals surface area (Å²) < 4.78 is 6.27. The van der Waals surface area contributed by atoms with Crippen LogP contribution in [0.25, 0.3) is 10.8 Å². The normalized spacial score (nSPS) is 11.4. The number of hydrogen-bond donors (Lipinski definition) is 1. The number of benzene rings is 2. The van der Waals surface area contributed by atoms with Crippen LogP contribution in [0.2, 0.25) is 0 Å². The fraction of sp³-hybridized carbons (Fsp3) is 0.267. The molecule has 2 rings (SSSR count). The molecule has 19 heavy (non-hydrogen) atoms. The Labute approximate surface area is 126 Å². The van der Waals surface area contributed by atoms with E-state index in [9.17, 15) is 4.79 Å². The lowest BCUT2D eigenvalue weighted by Crippen LogP contribution is -2.27. The van der Waals surface area contributed by atoms with Crippen molar-refractivity contribution in [2.45, 2.75) is 26.4 Å². The number of anilines is 1. The van der Waals surface area contributed by atoms with Crippen LogP contribution in [0.4, 0.5) is 10.5 Å². The maximum atomic E-state index is 11.8. The lowest BCUT2D eigenvalue weighted by Gasteiger charge is -2.20. The number of rotatable bonds is 1. The third-order valence-corrected chi connectivity index (χ3v) is 3.66. The highest BCUT2D eigenvalue weighted by Gasteiger charge is 2.17. The largest absolute Gasteiger partial charge is 0.444 e. The third kappa shape index (κ3) is 3.59. The van der Waals surface area contributed by atoms with Gasteiger partial charge in [0.15, 0.2) is 0 Å². The van der Waals surface area contributed by atoms with Crippen LogP contribution in [-0.4, -0.2) is 11.7 Å². The molecule has 0 bridgehead atoms. The summed E-state index contributed by atoms with van der Waals surface area (Å²) in [4.78, 5) is 11.8. The number of hydrogen-bond acceptors (Lipinski definition) is 2. The number of fused-ring (bicyclic) bond motifs is 1. The van der Waals surface area contributed by atoms with Gasteiger partial charge >= 0.3 is 6.09 Å². The quantitative estimate of drug-likeness (QED) is 0.734. The van der Waals surface area contributed by atoms with E-state index in [1.165, 1.54) is 0 Å². The topological polar surface area (TPSA) is 38.3 Å². The van der Waals surface area contributed by atoms with Gasteiger partial charge in [-0.15, -0.1) is 0 Å². The van der Waals surface area contributed by atoms with Crippen molar-refractivity contribution in [3.63, 3.8) is 0 Å². The van der Waals surface area contributed by atoms with E-state index in [4.69, 9.17) is 4.74 Å². The molecule has 0 unspecified atom stereocenters. The second kappa shape index (κ2) is 5.36. The summed E-state index contributed by atoms with van der Waals surface area (Å²) in [6.45, 7) is 5.54. The van der Waals surface area contributed by atoms with E-state index in [0.29, 0.717) is 0 Å². The van der Waals surface area contributed by atoms with Crippen molar-refractivity contribution in [2.75, 3.05) is 5.32 Å². The first-order valence-corrected chi connectivity index (χ1v) is 7.12. The number of carbonyl (C=O) groups is 1. The number of ether oxygens (including phenoxy) is 1. The zero-order valence-corrected chi connectivity index (χ0v) is 13.3. The number of halogens is 1. The Bertz CT molecular complexity index is 617. The summed E-state index contributed by atoms with van der Waals surface area (Å²) >= 11 is 2.24. The minimum Gasteiger partial charge on any atom is -0.444 e. The van der Waals surface area contributed by atoms with Crippen molar-refractivity contribution in [1.29, 1.82) is 0 Å². The summed E-state index contributed by atoms with van der Waals surface area (Å²) in [5, 5.41) is 5.07. The predicted molar refractivity (Wildman–Crippen MR) is 86.5 cm³/mol. The minimum atomic E-state index is -0.494. The second-order valence-electron chi connectivity index (χ2n) is 5.28. The Balaban J connectivity index is 2.26.